The minimum absolute atomic E-state index is 0.0558. The Kier molecular flexibility index (Phi) is 13.8. The smallest absolute Gasteiger partial charge is 0.313 e. The number of nitrogens with one attached hydrogen (secondary N) is 1. The van der Waals surface area contributed by atoms with E-state index >= 15 is 0 Å². The number of aliphatic hydroxyl groups excluding tert-OH is 2. The number of sulfonamides is 2. The number of rotatable bonds is 10. The Bertz CT molecular complexity index is 2670. The molecule has 0 saturated carbocycles. The van der Waals surface area contributed by atoms with Gasteiger partial charge in [-0.2, -0.15) is 8.61 Å². The van der Waals surface area contributed by atoms with Crippen LogP contribution in [0, 0.1) is 0 Å². The van der Waals surface area contributed by atoms with Gasteiger partial charge in [0.25, 0.3) is 11.8 Å². The minimum atomic E-state index is -3.77. The van der Waals surface area contributed by atoms with Crippen LogP contribution in [-0.2, 0) is 29.6 Å². The summed E-state index contributed by atoms with van der Waals surface area (Å²) in [6, 6.07) is 20.8. The van der Waals surface area contributed by atoms with Gasteiger partial charge in [0, 0.05) is 64.5 Å². The third kappa shape index (κ3) is 9.86. The van der Waals surface area contributed by atoms with Gasteiger partial charge < -0.3 is 44.5 Å². The maximum absolute atomic E-state index is 13.2. The van der Waals surface area contributed by atoms with E-state index < -0.39 is 37.9 Å². The van der Waals surface area contributed by atoms with Crippen LogP contribution in [0.3, 0.4) is 0 Å². The van der Waals surface area contributed by atoms with E-state index in [-0.39, 0.29) is 42.0 Å². The van der Waals surface area contributed by atoms with Crippen molar-refractivity contribution in [2.24, 2.45) is 0 Å². The first-order valence-corrected chi connectivity index (χ1v) is 23.7. The molecular formula is C44H48N6O13S2. The standard InChI is InChI=1S/C22H23N3O6S.C13H15N3O4S.C9H10O3/c26-14-19(15-4-2-1-3-5-15)22(27)24-10-16-12-25(13-17(16)11-24)32(28,29)18-8-20-21(23-9-18)31-7-6-30-20;17-21(18,16-7-9-4-14-5-10(9)8-16)11-3-12-13(15-6-11)20-2-1-19-12;10-6-8(9(11)12)7-4-2-1-3-5-7/h1-5,8-9,19,26H,6-7,10-14H2;3,6,14H,1-2,4-5,7-8H2;1-5,8,10H,6H2,(H,11,12)/t19-;;8-/m1.1/s1. The topological polar surface area (TPSA) is 248 Å². The molecule has 0 spiro atoms. The molecule has 6 aliphatic heterocycles. The number of amides is 1. The molecule has 0 bridgehead atoms. The van der Waals surface area contributed by atoms with E-state index in [2.05, 4.69) is 15.3 Å². The van der Waals surface area contributed by atoms with Gasteiger partial charge in [0.1, 0.15) is 42.1 Å². The Hall–Kier alpha value is -5.94. The van der Waals surface area contributed by atoms with Gasteiger partial charge in [-0.05, 0) is 33.4 Å². The lowest BCUT2D eigenvalue weighted by Gasteiger charge is -2.26. The molecule has 19 nitrogen and oxygen atoms in total. The number of aliphatic hydroxyl groups is 2. The zero-order valence-electron chi connectivity index (χ0n) is 35.1. The summed E-state index contributed by atoms with van der Waals surface area (Å²) in [4.78, 5) is 33.6. The molecule has 10 rings (SSSR count). The van der Waals surface area contributed by atoms with Gasteiger partial charge in [-0.3, -0.25) is 9.59 Å². The molecule has 1 amide bonds. The summed E-state index contributed by atoms with van der Waals surface area (Å²) in [7, 11) is -7.31. The van der Waals surface area contributed by atoms with Crippen LogP contribution in [0.2, 0.25) is 0 Å². The average molecular weight is 933 g/mol. The highest BCUT2D eigenvalue weighted by molar-refractivity contribution is 7.89. The fourth-order valence-corrected chi connectivity index (χ4v) is 10.9. The van der Waals surface area contributed by atoms with Crippen LogP contribution in [0.1, 0.15) is 23.0 Å². The van der Waals surface area contributed by atoms with Crippen molar-refractivity contribution in [3.8, 4) is 23.3 Å². The minimum Gasteiger partial charge on any atom is -0.484 e. The van der Waals surface area contributed by atoms with Gasteiger partial charge in [-0.15, -0.1) is 0 Å². The quantitative estimate of drug-likeness (QED) is 0.164. The zero-order valence-corrected chi connectivity index (χ0v) is 36.7. The van der Waals surface area contributed by atoms with E-state index in [4.69, 9.17) is 29.2 Å². The summed E-state index contributed by atoms with van der Waals surface area (Å²) in [5.41, 5.74) is 5.62. The predicted molar refractivity (Wildman–Crippen MR) is 232 cm³/mol. The van der Waals surface area contributed by atoms with Crippen LogP contribution in [0.4, 0.5) is 0 Å². The van der Waals surface area contributed by atoms with E-state index in [9.17, 15) is 31.5 Å². The Labute approximate surface area is 375 Å². The van der Waals surface area contributed by atoms with Crippen molar-refractivity contribution in [1.29, 1.82) is 0 Å². The average Bonchev–Trinajstić information content (AvgIpc) is 4.13. The van der Waals surface area contributed by atoms with Crippen LogP contribution < -0.4 is 24.3 Å². The SMILES string of the molecule is O=C(O)[C@H](CO)c1ccccc1.O=C([C@H](CO)c1ccccc1)N1CC2=C(C1)CN(S(=O)(=O)c1cnc3c(c1)OCCO3)C2.O=S(=O)(c1cnc2c(c1)OCCO2)N1CC2=C(CNC2)C1. The highest BCUT2D eigenvalue weighted by Crippen LogP contribution is 2.36. The highest BCUT2D eigenvalue weighted by Gasteiger charge is 2.40. The van der Waals surface area contributed by atoms with E-state index in [1.165, 1.54) is 44.3 Å². The molecule has 4 N–H and O–H groups in total. The number of carbonyl (C=O) groups is 2. The van der Waals surface area contributed by atoms with Crippen LogP contribution >= 0.6 is 0 Å². The Morgan fingerprint density at radius 2 is 1.02 bits per heavy atom. The molecule has 0 fully saturated rings. The second-order valence-corrected chi connectivity index (χ2v) is 19.6. The number of pyridine rings is 2. The largest absolute Gasteiger partial charge is 0.484 e. The van der Waals surface area contributed by atoms with Crippen molar-refractivity contribution in [3.05, 3.63) is 119 Å². The Morgan fingerprint density at radius 3 is 1.45 bits per heavy atom. The molecule has 0 saturated heterocycles. The number of aromatic nitrogens is 2. The number of benzene rings is 2. The molecular weight excluding hydrogens is 885 g/mol. The van der Waals surface area contributed by atoms with Crippen LogP contribution in [0.25, 0.3) is 0 Å². The van der Waals surface area contributed by atoms with Crippen molar-refractivity contribution in [1.82, 2.24) is 28.8 Å². The molecule has 0 unspecified atom stereocenters. The Morgan fingerprint density at radius 1 is 0.600 bits per heavy atom. The third-order valence-electron chi connectivity index (χ3n) is 11.6. The fourth-order valence-electron chi connectivity index (χ4n) is 8.13. The second kappa shape index (κ2) is 19.7. The normalized spacial score (nSPS) is 18.8. The van der Waals surface area contributed by atoms with Crippen molar-refractivity contribution in [2.75, 3.05) is 92.0 Å². The number of carboxylic acid groups (broad SMARTS) is 1. The van der Waals surface area contributed by atoms with E-state index in [1.807, 2.05) is 30.3 Å². The fraction of sp³-hybridized carbons (Fsp3) is 0.364. The van der Waals surface area contributed by atoms with Gasteiger partial charge in [-0.25, -0.2) is 26.8 Å². The number of ether oxygens (including phenoxy) is 4. The van der Waals surface area contributed by atoms with Gasteiger partial charge in [0.05, 0.1) is 31.5 Å². The molecule has 0 aliphatic carbocycles. The molecule has 2 aromatic heterocycles. The monoisotopic (exact) mass is 932 g/mol. The third-order valence-corrected chi connectivity index (χ3v) is 15.1. The molecule has 8 heterocycles. The zero-order chi connectivity index (χ0) is 45.7. The summed E-state index contributed by atoms with van der Waals surface area (Å²) in [6.45, 7) is 4.58. The lowest BCUT2D eigenvalue weighted by molar-refractivity contribution is -0.139. The van der Waals surface area contributed by atoms with Crippen molar-refractivity contribution < 1.29 is 60.7 Å². The molecule has 65 heavy (non-hydrogen) atoms. The summed E-state index contributed by atoms with van der Waals surface area (Å²) < 4.78 is 76.1. The number of carbonyl (C=O) groups excluding carboxylic acids is 1. The van der Waals surface area contributed by atoms with Gasteiger partial charge in [0.2, 0.25) is 26.0 Å². The number of carboxylic acids is 1. The van der Waals surface area contributed by atoms with E-state index in [0.29, 0.717) is 81.4 Å². The summed E-state index contributed by atoms with van der Waals surface area (Å²) in [6.07, 6.45) is 2.62. The lowest BCUT2D eigenvalue weighted by Crippen LogP contribution is -2.39. The van der Waals surface area contributed by atoms with E-state index in [0.717, 1.165) is 29.8 Å². The maximum atomic E-state index is 13.2. The van der Waals surface area contributed by atoms with Crippen LogP contribution in [-0.4, -0.2) is 160 Å². The number of aliphatic carboxylic acids is 1. The molecule has 4 aromatic rings. The summed E-state index contributed by atoms with van der Waals surface area (Å²) in [5, 5.41) is 30.5. The van der Waals surface area contributed by atoms with Crippen molar-refractivity contribution >= 4 is 31.9 Å². The molecule has 2 aromatic carbocycles. The molecule has 0 radical (unpaired) electrons. The first-order valence-electron chi connectivity index (χ1n) is 20.8. The first kappa shape index (κ1) is 45.6. The van der Waals surface area contributed by atoms with Crippen molar-refractivity contribution in [2.45, 2.75) is 21.6 Å². The predicted octanol–water partition coefficient (Wildman–Crippen LogP) is 1.38. The number of hydrogen-bond acceptors (Lipinski definition) is 15. The van der Waals surface area contributed by atoms with Crippen LogP contribution in [0.15, 0.2) is 117 Å². The number of fused-ring (bicyclic) bond motifs is 2. The molecule has 21 heteroatoms. The lowest BCUT2D eigenvalue weighted by atomic mass is 9.98. The number of nitrogens with zero attached hydrogens (tertiary/aromatic N) is 5. The van der Waals surface area contributed by atoms with Gasteiger partial charge in [0.15, 0.2) is 11.5 Å². The van der Waals surface area contributed by atoms with Crippen LogP contribution in [0.5, 0.6) is 23.3 Å². The Balaban J connectivity index is 0.000000149. The van der Waals surface area contributed by atoms with Gasteiger partial charge >= 0.3 is 5.97 Å². The first-order chi connectivity index (χ1) is 31.4. The van der Waals surface area contributed by atoms with E-state index in [1.54, 1.807) is 35.2 Å². The van der Waals surface area contributed by atoms with Crippen molar-refractivity contribution in [3.63, 3.8) is 0 Å². The summed E-state index contributed by atoms with van der Waals surface area (Å²) >= 11 is 0. The summed E-state index contributed by atoms with van der Waals surface area (Å²) in [5.74, 6) is -1.21. The molecule has 344 valence electrons. The molecule has 2 atom stereocenters. The van der Waals surface area contributed by atoms with Gasteiger partial charge in [-0.1, -0.05) is 60.7 Å². The number of hydrogen-bond donors (Lipinski definition) is 4. The second-order valence-electron chi connectivity index (χ2n) is 15.7. The highest BCUT2D eigenvalue weighted by atomic mass is 32.2. The molecule has 6 aliphatic rings. The maximum Gasteiger partial charge on any atom is 0.313 e.